The van der Waals surface area contributed by atoms with E-state index >= 15 is 0 Å². The number of rotatable bonds is 14. The normalized spacial score (nSPS) is 11.3. The van der Waals surface area contributed by atoms with Gasteiger partial charge in [0.05, 0.1) is 0 Å². The minimum absolute atomic E-state index is 0. The zero-order chi connectivity index (χ0) is 16.8. The van der Waals surface area contributed by atoms with Crippen LogP contribution in [0.5, 0.6) is 0 Å². The summed E-state index contributed by atoms with van der Waals surface area (Å²) >= 11 is 0. The Labute approximate surface area is 161 Å². The van der Waals surface area contributed by atoms with Gasteiger partial charge in [-0.25, -0.2) is 4.79 Å². The van der Waals surface area contributed by atoms with Gasteiger partial charge in [-0.3, -0.25) is 9.59 Å². The second-order valence-electron chi connectivity index (χ2n) is 5.40. The summed E-state index contributed by atoms with van der Waals surface area (Å²) in [6, 6.07) is -0.838. The van der Waals surface area contributed by atoms with E-state index in [1.807, 2.05) is 0 Å². The first-order chi connectivity index (χ1) is 10.5. The number of carboxylic acids is 2. The van der Waals surface area contributed by atoms with Crippen molar-refractivity contribution in [3.05, 3.63) is 0 Å². The maximum absolute atomic E-state index is 11.7. The van der Waals surface area contributed by atoms with Crippen LogP contribution in [0.2, 0.25) is 0 Å². The SMILES string of the molecule is NCCCC[C@H](NC(=O)CCCCCCCC(=O)O)C(=O)O.[H-].[Na+]. The molecule has 23 heavy (non-hydrogen) atoms. The molecule has 0 rings (SSSR count). The van der Waals surface area contributed by atoms with Gasteiger partial charge in [-0.1, -0.05) is 19.3 Å². The van der Waals surface area contributed by atoms with Gasteiger partial charge in [0.15, 0.2) is 0 Å². The van der Waals surface area contributed by atoms with Gasteiger partial charge in [0.1, 0.15) is 6.04 Å². The van der Waals surface area contributed by atoms with Crippen LogP contribution in [-0.4, -0.2) is 40.6 Å². The predicted molar refractivity (Wildman–Crippen MR) is 83.5 cm³/mol. The molecule has 0 radical (unpaired) electrons. The minimum Gasteiger partial charge on any atom is -1.00 e. The third kappa shape index (κ3) is 16.0. The Morgan fingerprint density at radius 2 is 1.48 bits per heavy atom. The smallest absolute Gasteiger partial charge is 1.00 e. The molecular formula is C15H29N2NaO5. The summed E-state index contributed by atoms with van der Waals surface area (Å²) in [4.78, 5) is 33.1. The molecule has 5 N–H and O–H groups in total. The number of carbonyl (C=O) groups excluding carboxylic acids is 1. The number of nitrogens with one attached hydrogen (secondary N) is 1. The number of carboxylic acid groups (broad SMARTS) is 2. The van der Waals surface area contributed by atoms with Gasteiger partial charge < -0.3 is 22.7 Å². The van der Waals surface area contributed by atoms with Crippen molar-refractivity contribution in [2.45, 2.75) is 70.3 Å². The monoisotopic (exact) mass is 340 g/mol. The van der Waals surface area contributed by atoms with Crippen LogP contribution < -0.4 is 40.6 Å². The van der Waals surface area contributed by atoms with E-state index in [2.05, 4.69) is 5.32 Å². The van der Waals surface area contributed by atoms with Crippen molar-refractivity contribution < 1.29 is 55.6 Å². The van der Waals surface area contributed by atoms with E-state index in [0.717, 1.165) is 25.7 Å². The number of amides is 1. The molecule has 0 saturated heterocycles. The van der Waals surface area contributed by atoms with E-state index in [1.54, 1.807) is 0 Å². The second kappa shape index (κ2) is 16.2. The van der Waals surface area contributed by atoms with Crippen molar-refractivity contribution >= 4 is 17.8 Å². The molecule has 0 heterocycles. The summed E-state index contributed by atoms with van der Waals surface area (Å²) in [6.45, 7) is 0.516. The molecule has 0 saturated carbocycles. The molecular weight excluding hydrogens is 311 g/mol. The first kappa shape index (κ1) is 24.6. The number of hydrogen-bond acceptors (Lipinski definition) is 4. The summed E-state index contributed by atoms with van der Waals surface area (Å²) in [6.07, 6.45) is 6.23. The van der Waals surface area contributed by atoms with Gasteiger partial charge in [0.2, 0.25) is 5.91 Å². The summed E-state index contributed by atoms with van der Waals surface area (Å²) in [5.74, 6) is -2.04. The van der Waals surface area contributed by atoms with Gasteiger partial charge >= 0.3 is 41.5 Å². The third-order valence-corrected chi connectivity index (χ3v) is 3.37. The topological polar surface area (TPSA) is 130 Å². The zero-order valence-electron chi connectivity index (χ0n) is 15.1. The Balaban J connectivity index is -0.00000220. The van der Waals surface area contributed by atoms with Crippen molar-refractivity contribution in [3.8, 4) is 0 Å². The summed E-state index contributed by atoms with van der Waals surface area (Å²) in [5.41, 5.74) is 5.36. The number of carbonyl (C=O) groups is 3. The largest absolute Gasteiger partial charge is 1.00 e. The molecule has 0 aliphatic heterocycles. The maximum Gasteiger partial charge on any atom is 1.00 e. The van der Waals surface area contributed by atoms with Crippen LogP contribution in [0.3, 0.4) is 0 Å². The Bertz CT molecular complexity index is 359. The predicted octanol–water partition coefficient (Wildman–Crippen LogP) is -1.38. The van der Waals surface area contributed by atoms with Crippen LogP contribution in [0.4, 0.5) is 0 Å². The average Bonchev–Trinajstić information content (AvgIpc) is 2.44. The van der Waals surface area contributed by atoms with Gasteiger partial charge in [0.25, 0.3) is 0 Å². The summed E-state index contributed by atoms with van der Waals surface area (Å²) in [7, 11) is 0. The summed E-state index contributed by atoms with van der Waals surface area (Å²) in [5, 5.41) is 20.1. The van der Waals surface area contributed by atoms with Gasteiger partial charge in [-0.15, -0.1) is 0 Å². The van der Waals surface area contributed by atoms with Crippen molar-refractivity contribution in [1.82, 2.24) is 5.32 Å². The molecule has 0 fully saturated rings. The van der Waals surface area contributed by atoms with Crippen molar-refractivity contribution in [2.24, 2.45) is 5.73 Å². The Hall–Kier alpha value is -0.630. The van der Waals surface area contributed by atoms with Crippen LogP contribution in [0, 0.1) is 0 Å². The van der Waals surface area contributed by atoms with Gasteiger partial charge in [0, 0.05) is 12.8 Å². The fourth-order valence-corrected chi connectivity index (χ4v) is 2.11. The maximum atomic E-state index is 11.7. The van der Waals surface area contributed by atoms with E-state index in [0.29, 0.717) is 38.6 Å². The van der Waals surface area contributed by atoms with Crippen LogP contribution in [-0.2, 0) is 14.4 Å². The van der Waals surface area contributed by atoms with Crippen molar-refractivity contribution in [3.63, 3.8) is 0 Å². The molecule has 0 aromatic rings. The van der Waals surface area contributed by atoms with Crippen molar-refractivity contribution in [2.75, 3.05) is 6.54 Å². The molecule has 1 atom stereocenters. The standard InChI is InChI=1S/C15H28N2O5.Na.H/c16-11-7-6-8-12(15(21)22)17-13(18)9-4-2-1-3-5-10-14(19)20;;/h12H,1-11,16H2,(H,17,18)(H,19,20)(H,21,22);;/q;+1;-1/t12-;;/m0../s1. The van der Waals surface area contributed by atoms with E-state index < -0.39 is 18.0 Å². The Morgan fingerprint density at radius 3 is 2.00 bits per heavy atom. The fraction of sp³-hybridized carbons (Fsp3) is 0.800. The first-order valence-corrected chi connectivity index (χ1v) is 7.91. The van der Waals surface area contributed by atoms with E-state index in [-0.39, 0.29) is 43.3 Å². The molecule has 1 amide bonds. The fourth-order valence-electron chi connectivity index (χ4n) is 2.11. The van der Waals surface area contributed by atoms with Crippen LogP contribution in [0.1, 0.15) is 65.6 Å². The third-order valence-electron chi connectivity index (χ3n) is 3.37. The van der Waals surface area contributed by atoms with Crippen LogP contribution >= 0.6 is 0 Å². The second-order valence-corrected chi connectivity index (χ2v) is 5.40. The molecule has 7 nitrogen and oxygen atoms in total. The van der Waals surface area contributed by atoms with E-state index in [9.17, 15) is 14.4 Å². The van der Waals surface area contributed by atoms with E-state index in [1.165, 1.54) is 0 Å². The average molecular weight is 340 g/mol. The molecule has 0 bridgehead atoms. The molecule has 0 aliphatic rings. The first-order valence-electron chi connectivity index (χ1n) is 7.91. The molecule has 0 spiro atoms. The van der Waals surface area contributed by atoms with Crippen LogP contribution in [0.15, 0.2) is 0 Å². The minimum atomic E-state index is -1.01. The van der Waals surface area contributed by atoms with Gasteiger partial charge in [-0.2, -0.15) is 0 Å². The van der Waals surface area contributed by atoms with Crippen molar-refractivity contribution in [1.29, 1.82) is 0 Å². The molecule has 130 valence electrons. The summed E-state index contributed by atoms with van der Waals surface area (Å²) < 4.78 is 0. The Morgan fingerprint density at radius 1 is 0.913 bits per heavy atom. The number of aliphatic carboxylic acids is 2. The number of nitrogens with two attached hydrogens (primary N) is 1. The number of hydrogen-bond donors (Lipinski definition) is 4. The molecule has 8 heteroatoms. The molecule has 0 aliphatic carbocycles. The Kier molecular flexibility index (Phi) is 17.4. The van der Waals surface area contributed by atoms with Crippen LogP contribution in [0.25, 0.3) is 0 Å². The molecule has 0 aromatic heterocycles. The van der Waals surface area contributed by atoms with Gasteiger partial charge in [-0.05, 0) is 38.6 Å². The quantitative estimate of drug-likeness (QED) is 0.228. The molecule has 0 unspecified atom stereocenters. The zero-order valence-corrected chi connectivity index (χ0v) is 16.1. The number of unbranched alkanes of at least 4 members (excludes halogenated alkanes) is 5. The van der Waals surface area contributed by atoms with E-state index in [4.69, 9.17) is 15.9 Å². The molecule has 0 aromatic carbocycles.